The molecule has 0 aliphatic carbocycles. The zero-order chi connectivity index (χ0) is 58.6. The number of nitrogens with zero attached hydrogens (tertiary/aromatic N) is 2. The summed E-state index contributed by atoms with van der Waals surface area (Å²) in [4.78, 5) is 66.8. The van der Waals surface area contributed by atoms with E-state index >= 15 is 9.59 Å². The number of oxime groups is 1. The Kier molecular flexibility index (Phi) is 25.7. The molecule has 5 fully saturated rings. The third kappa shape index (κ3) is 17.7. The van der Waals surface area contributed by atoms with Crippen molar-refractivity contribution in [2.45, 2.75) is 226 Å². The van der Waals surface area contributed by atoms with Crippen LogP contribution in [-0.2, 0) is 76.1 Å². The van der Waals surface area contributed by atoms with Crippen molar-refractivity contribution in [1.82, 2.24) is 10.2 Å². The summed E-state index contributed by atoms with van der Waals surface area (Å²) in [6, 6.07) is 0.0175. The van der Waals surface area contributed by atoms with E-state index in [9.17, 15) is 19.8 Å². The summed E-state index contributed by atoms with van der Waals surface area (Å²) in [5.74, 6) is -7.14. The van der Waals surface area contributed by atoms with Crippen LogP contribution >= 0.6 is 0 Å². The first-order valence-electron chi connectivity index (χ1n) is 28.8. The standard InChI is InChI=1S/C57H99N3O19/c1-29(2)22-42(61)75-48-36(9)47(31(4)28-71-55-51(68-16)50(67-15)44(62)39(12)74-55)77-53(65)38(11)49(76-43-23-32(5)60(14)27-34(7)72-43)35(8)46(78-54-45(63)41(59-69-17)24-33(6)73-54)30(3)25-57(13,52(64)37(48)10)79-56(66)58-26-40-18-20-70-21-19-40/h29-40,43-51,54-55,62-63H,18-28H2,1-17H3,(H,58,66)/b59-41+/t30-,31-,32?,33+,34-,35+,36-,37+,38+,39+,43-,44+,45+,46-,47+,48+,49-,50+,51+,54-,55+,57-/m0/s1. The Morgan fingerprint density at radius 3 is 2.13 bits per heavy atom. The van der Waals surface area contributed by atoms with Crippen LogP contribution < -0.4 is 5.32 Å². The van der Waals surface area contributed by atoms with Crippen molar-refractivity contribution in [2.75, 3.05) is 61.3 Å². The van der Waals surface area contributed by atoms with Gasteiger partial charge >= 0.3 is 18.0 Å². The van der Waals surface area contributed by atoms with Gasteiger partial charge in [-0.3, -0.25) is 14.4 Å². The van der Waals surface area contributed by atoms with Crippen LogP contribution in [0.25, 0.3) is 0 Å². The van der Waals surface area contributed by atoms with Crippen LogP contribution in [0, 0.1) is 47.3 Å². The van der Waals surface area contributed by atoms with Crippen LogP contribution in [0.4, 0.5) is 4.79 Å². The van der Waals surface area contributed by atoms with Crippen LogP contribution in [0.3, 0.4) is 0 Å². The Hall–Kier alpha value is -3.13. The SMILES string of the molecule is CO/N=C1\C[C@@H](C)O[C@@H](O[C@@H]2[C@@H](C)[C@H](O[C@H]3CC(C)N(C)C[C@H](C)O3)[C@@H](C)C(=O)O[C@H]([C@@H](C)CO[C@@H]3O[C@H](C)[C@@H](O)[C@@H](OC)[C@H]3OC)[C@H](C)[C@@H](OC(=O)CC(C)C)[C@@H](C)C(=O)[C@@](C)(OC(=O)NCC3CCOCC3)C[C@@H]2C)[C@@H]1O. The number of ether oxygens (including phenoxy) is 12. The third-order valence-electron chi connectivity index (χ3n) is 16.8. The molecule has 5 saturated heterocycles. The molecule has 0 aromatic carbocycles. The Labute approximate surface area is 469 Å². The van der Waals surface area contributed by atoms with Gasteiger partial charge in [0.25, 0.3) is 0 Å². The molecular formula is C57H99N3O19. The molecule has 0 aromatic rings. The smallest absolute Gasteiger partial charge is 0.408 e. The number of carbonyl (C=O) groups excluding carboxylic acids is 4. The second-order valence-corrected chi connectivity index (χ2v) is 24.1. The predicted octanol–water partition coefficient (Wildman–Crippen LogP) is 5.43. The maximum atomic E-state index is 15.8. The summed E-state index contributed by atoms with van der Waals surface area (Å²) in [6.45, 7) is 25.4. The lowest BCUT2D eigenvalue weighted by Crippen LogP contribution is -2.59. The van der Waals surface area contributed by atoms with E-state index in [0.717, 1.165) is 12.8 Å². The number of methoxy groups -OCH3 is 2. The van der Waals surface area contributed by atoms with E-state index in [1.807, 2.05) is 55.5 Å². The number of hydrogen-bond donors (Lipinski definition) is 3. The van der Waals surface area contributed by atoms with Gasteiger partial charge in [0, 0.05) is 83.6 Å². The van der Waals surface area contributed by atoms with Gasteiger partial charge in [-0.2, -0.15) is 0 Å². The number of amides is 1. The van der Waals surface area contributed by atoms with Gasteiger partial charge in [-0.05, 0) is 85.6 Å². The molecule has 5 aliphatic rings. The normalized spacial score (nSPS) is 40.9. The second kappa shape index (κ2) is 30.4. The lowest BCUT2D eigenvalue weighted by atomic mass is 9.74. The average molecular weight is 1130 g/mol. The highest BCUT2D eigenvalue weighted by molar-refractivity contribution is 5.91. The first-order valence-corrected chi connectivity index (χ1v) is 28.8. The summed E-state index contributed by atoms with van der Waals surface area (Å²) in [5.41, 5.74) is -1.63. The Bertz CT molecular complexity index is 1960. The monoisotopic (exact) mass is 1130 g/mol. The number of carbonyl (C=O) groups is 4. The van der Waals surface area contributed by atoms with Gasteiger partial charge in [0.15, 0.2) is 30.3 Å². The molecule has 79 heavy (non-hydrogen) atoms. The molecule has 22 atom stereocenters. The van der Waals surface area contributed by atoms with Gasteiger partial charge in [0.1, 0.15) is 43.7 Å². The van der Waals surface area contributed by atoms with Crippen molar-refractivity contribution in [3.63, 3.8) is 0 Å². The van der Waals surface area contributed by atoms with Crippen molar-refractivity contribution >= 4 is 29.5 Å². The highest BCUT2D eigenvalue weighted by atomic mass is 16.7. The molecule has 0 saturated carbocycles. The number of likely N-dealkylation sites (N-methyl/N-ethyl adjacent to an activating group) is 1. The van der Waals surface area contributed by atoms with E-state index in [4.69, 9.17) is 61.7 Å². The molecule has 22 nitrogen and oxygen atoms in total. The number of ketones is 1. The minimum absolute atomic E-state index is 0.0164. The predicted molar refractivity (Wildman–Crippen MR) is 288 cm³/mol. The molecule has 0 radical (unpaired) electrons. The van der Waals surface area contributed by atoms with Crippen molar-refractivity contribution in [3.05, 3.63) is 0 Å². The molecular weight excluding hydrogens is 1030 g/mol. The lowest BCUT2D eigenvalue weighted by molar-refractivity contribution is -0.305. The maximum Gasteiger partial charge on any atom is 0.408 e. The summed E-state index contributed by atoms with van der Waals surface area (Å²) in [5, 5.41) is 29.8. The van der Waals surface area contributed by atoms with Crippen molar-refractivity contribution in [3.8, 4) is 0 Å². The number of hydrogen-bond acceptors (Lipinski definition) is 21. The van der Waals surface area contributed by atoms with Gasteiger partial charge in [-0.1, -0.05) is 53.6 Å². The number of nitrogens with one attached hydrogen (secondary N) is 1. The van der Waals surface area contributed by atoms with Crippen LogP contribution in [0.1, 0.15) is 129 Å². The Morgan fingerprint density at radius 1 is 0.823 bits per heavy atom. The van der Waals surface area contributed by atoms with Crippen molar-refractivity contribution < 1.29 is 91.1 Å². The van der Waals surface area contributed by atoms with Gasteiger partial charge in [0.2, 0.25) is 0 Å². The molecule has 5 rings (SSSR count). The molecule has 1 unspecified atom stereocenters. The zero-order valence-corrected chi connectivity index (χ0v) is 50.3. The van der Waals surface area contributed by atoms with Gasteiger partial charge in [0.05, 0.1) is 54.7 Å². The summed E-state index contributed by atoms with van der Waals surface area (Å²) in [6.07, 6.45) is -11.8. The van der Waals surface area contributed by atoms with Gasteiger partial charge in [-0.15, -0.1) is 0 Å². The van der Waals surface area contributed by atoms with Crippen molar-refractivity contribution in [2.24, 2.45) is 52.5 Å². The lowest BCUT2D eigenvalue weighted by Gasteiger charge is -2.45. The molecule has 0 aromatic heterocycles. The van der Waals surface area contributed by atoms with E-state index in [2.05, 4.69) is 22.3 Å². The van der Waals surface area contributed by atoms with E-state index in [-0.39, 0.29) is 56.4 Å². The van der Waals surface area contributed by atoms with Crippen molar-refractivity contribution in [1.29, 1.82) is 0 Å². The molecule has 5 aliphatic heterocycles. The second-order valence-electron chi connectivity index (χ2n) is 24.1. The summed E-state index contributed by atoms with van der Waals surface area (Å²) >= 11 is 0. The van der Waals surface area contributed by atoms with Gasteiger partial charge < -0.3 is 82.1 Å². The highest BCUT2D eigenvalue weighted by Crippen LogP contribution is 2.40. The first-order chi connectivity index (χ1) is 37.2. The number of cyclic esters (lactones) is 1. The van der Waals surface area contributed by atoms with Crippen LogP contribution in [0.5, 0.6) is 0 Å². The van der Waals surface area contributed by atoms with Crippen LogP contribution in [0.15, 0.2) is 5.16 Å². The van der Waals surface area contributed by atoms with Crippen LogP contribution in [0.2, 0.25) is 0 Å². The fourth-order valence-electron chi connectivity index (χ4n) is 12.2. The molecule has 0 spiro atoms. The maximum absolute atomic E-state index is 15.8. The third-order valence-corrected chi connectivity index (χ3v) is 16.8. The number of Topliss-reactive ketones (excluding diaryl/α,β-unsaturated/α-hetero) is 1. The number of esters is 2. The average Bonchev–Trinajstić information content (AvgIpc) is 3.55. The minimum Gasteiger partial charge on any atom is -0.461 e. The zero-order valence-electron chi connectivity index (χ0n) is 50.3. The summed E-state index contributed by atoms with van der Waals surface area (Å²) < 4.78 is 76.0. The quantitative estimate of drug-likeness (QED) is 0.0932. The van der Waals surface area contributed by atoms with E-state index < -0.39 is 145 Å². The molecule has 1 amide bonds. The number of aliphatic hydroxyl groups excluding tert-OH is 2. The number of rotatable bonds is 17. The summed E-state index contributed by atoms with van der Waals surface area (Å²) in [7, 11) is 6.32. The highest BCUT2D eigenvalue weighted by Gasteiger charge is 2.53. The van der Waals surface area contributed by atoms with Crippen LogP contribution in [-0.4, -0.2) is 204 Å². The fraction of sp³-hybridized carbons (Fsp3) is 0.912. The van der Waals surface area contributed by atoms with E-state index in [0.29, 0.717) is 31.9 Å². The largest absolute Gasteiger partial charge is 0.461 e. The Morgan fingerprint density at radius 2 is 1.49 bits per heavy atom. The first kappa shape index (κ1) is 66.7. The van der Waals surface area contributed by atoms with Gasteiger partial charge in [-0.25, -0.2) is 4.79 Å². The van der Waals surface area contributed by atoms with E-state index in [1.54, 1.807) is 34.6 Å². The minimum atomic E-state index is -1.93. The molecule has 22 heteroatoms. The molecule has 0 bridgehead atoms. The topological polar surface area (TPSA) is 256 Å². The van der Waals surface area contributed by atoms with E-state index in [1.165, 1.54) is 21.3 Å². The number of aliphatic hydroxyl groups is 2. The molecule has 3 N–H and O–H groups in total. The Balaban J connectivity index is 1.69. The molecule has 5 heterocycles. The number of alkyl carbamates (subject to hydrolysis) is 1. The molecule has 456 valence electrons. The fourth-order valence-corrected chi connectivity index (χ4v) is 12.2.